The summed E-state index contributed by atoms with van der Waals surface area (Å²) in [5.41, 5.74) is 5.78. The number of hydrogen-bond acceptors (Lipinski definition) is 8. The quantitative estimate of drug-likeness (QED) is 0.0720. The molecule has 0 aliphatic heterocycles. The summed E-state index contributed by atoms with van der Waals surface area (Å²) in [5.74, 6) is 0.683. The molecule has 0 spiro atoms. The second-order valence-electron chi connectivity index (χ2n) is 8.72. The molecule has 0 aromatic heterocycles. The predicted molar refractivity (Wildman–Crippen MR) is 134 cm³/mol. The van der Waals surface area contributed by atoms with Gasteiger partial charge in [0.25, 0.3) is 6.47 Å². The van der Waals surface area contributed by atoms with Gasteiger partial charge in [-0.3, -0.25) is 14.4 Å². The highest BCUT2D eigenvalue weighted by molar-refractivity contribution is 7.99. The molecule has 8 heteroatoms. The van der Waals surface area contributed by atoms with Crippen molar-refractivity contribution >= 4 is 30.2 Å². The average Bonchev–Trinajstić information content (AvgIpc) is 2.78. The number of ether oxygens (including phenoxy) is 3. The lowest BCUT2D eigenvalue weighted by molar-refractivity contribution is -0.153. The van der Waals surface area contributed by atoms with E-state index in [1.807, 2.05) is 0 Å². The van der Waals surface area contributed by atoms with Crippen LogP contribution in [0.2, 0.25) is 0 Å². The maximum absolute atomic E-state index is 12.1. The van der Waals surface area contributed by atoms with Gasteiger partial charge in [0.15, 0.2) is 0 Å². The first-order valence-electron chi connectivity index (χ1n) is 12.3. The van der Waals surface area contributed by atoms with E-state index < -0.39 is 18.1 Å². The highest BCUT2D eigenvalue weighted by atomic mass is 32.2. The summed E-state index contributed by atoms with van der Waals surface area (Å²) < 4.78 is 15.1. The molecular weight excluding hydrogens is 442 g/mol. The van der Waals surface area contributed by atoms with E-state index in [1.54, 1.807) is 0 Å². The van der Waals surface area contributed by atoms with Gasteiger partial charge in [-0.05, 0) is 12.3 Å². The standard InChI is InChI=1S/C25H45NO6S/c1-4-16-31-25(29)23(26)19-33-18-22(17-30-20-27)32-24(28)15-13-11-9-7-5-6-8-10-12-14-21(2)3/h4,20-23H,1,5-19,26H2,2-3H3. The van der Waals surface area contributed by atoms with Gasteiger partial charge in [-0.2, -0.15) is 11.8 Å². The second-order valence-corrected chi connectivity index (χ2v) is 9.79. The molecule has 2 unspecified atom stereocenters. The van der Waals surface area contributed by atoms with Gasteiger partial charge >= 0.3 is 11.9 Å². The largest absolute Gasteiger partial charge is 0.464 e. The normalized spacial score (nSPS) is 12.7. The third kappa shape index (κ3) is 20.8. The molecule has 0 rings (SSSR count). The lowest BCUT2D eigenvalue weighted by atomic mass is 10.0. The van der Waals surface area contributed by atoms with Crippen molar-refractivity contribution in [3.05, 3.63) is 12.7 Å². The maximum Gasteiger partial charge on any atom is 0.324 e. The van der Waals surface area contributed by atoms with Crippen molar-refractivity contribution in [2.45, 2.75) is 96.6 Å². The molecule has 33 heavy (non-hydrogen) atoms. The molecule has 0 aromatic rings. The zero-order chi connectivity index (χ0) is 24.7. The molecule has 0 heterocycles. The summed E-state index contributed by atoms with van der Waals surface area (Å²) in [6, 6.07) is -0.779. The van der Waals surface area contributed by atoms with Crippen LogP contribution in [-0.4, -0.2) is 55.3 Å². The van der Waals surface area contributed by atoms with Crippen LogP contribution in [0.4, 0.5) is 0 Å². The van der Waals surface area contributed by atoms with E-state index in [2.05, 4.69) is 20.4 Å². The van der Waals surface area contributed by atoms with E-state index >= 15 is 0 Å². The highest BCUT2D eigenvalue weighted by Gasteiger charge is 2.19. The zero-order valence-corrected chi connectivity index (χ0v) is 21.5. The van der Waals surface area contributed by atoms with Crippen molar-refractivity contribution in [2.24, 2.45) is 11.7 Å². The van der Waals surface area contributed by atoms with E-state index in [4.69, 9.17) is 19.9 Å². The Bertz CT molecular complexity index is 529. The minimum atomic E-state index is -0.779. The molecule has 0 radical (unpaired) electrons. The van der Waals surface area contributed by atoms with Crippen LogP contribution in [0.3, 0.4) is 0 Å². The number of thioether (sulfide) groups is 1. The van der Waals surface area contributed by atoms with Gasteiger partial charge < -0.3 is 19.9 Å². The summed E-state index contributed by atoms with van der Waals surface area (Å²) in [7, 11) is 0. The molecule has 2 N–H and O–H groups in total. The lowest BCUT2D eigenvalue weighted by Gasteiger charge is -2.17. The Hall–Kier alpha value is -1.54. The monoisotopic (exact) mass is 487 g/mol. The topological polar surface area (TPSA) is 105 Å². The second kappa shape index (κ2) is 22.3. The third-order valence-electron chi connectivity index (χ3n) is 5.06. The molecule has 0 aromatic carbocycles. The molecule has 2 atom stereocenters. The van der Waals surface area contributed by atoms with E-state index in [1.165, 1.54) is 62.8 Å². The summed E-state index contributed by atoms with van der Waals surface area (Å²) >= 11 is 1.34. The van der Waals surface area contributed by atoms with E-state index in [0.717, 1.165) is 25.2 Å². The van der Waals surface area contributed by atoms with Crippen molar-refractivity contribution in [3.8, 4) is 0 Å². The first-order chi connectivity index (χ1) is 15.9. The molecule has 0 aliphatic rings. The number of rotatable bonds is 23. The highest BCUT2D eigenvalue weighted by Crippen LogP contribution is 2.14. The fraction of sp³-hybridized carbons (Fsp3) is 0.800. The number of nitrogens with two attached hydrogens (primary N) is 1. The first-order valence-corrected chi connectivity index (χ1v) is 13.4. The Morgan fingerprint density at radius 2 is 1.58 bits per heavy atom. The lowest BCUT2D eigenvalue weighted by Crippen LogP contribution is -2.35. The molecule has 0 saturated carbocycles. The van der Waals surface area contributed by atoms with Gasteiger partial charge in [-0.1, -0.05) is 84.3 Å². The summed E-state index contributed by atoms with van der Waals surface area (Å²) in [6.07, 6.45) is 13.3. The van der Waals surface area contributed by atoms with Gasteiger partial charge in [0.05, 0.1) is 0 Å². The number of unbranched alkanes of at least 4 members (excludes halogenated alkanes) is 8. The number of carbonyl (C=O) groups excluding carboxylic acids is 3. The minimum absolute atomic E-state index is 0.0183. The summed E-state index contributed by atoms with van der Waals surface area (Å²) in [4.78, 5) is 34.3. The Morgan fingerprint density at radius 3 is 2.15 bits per heavy atom. The van der Waals surface area contributed by atoms with Gasteiger partial charge in [0.2, 0.25) is 0 Å². The van der Waals surface area contributed by atoms with Gasteiger partial charge in [0, 0.05) is 17.9 Å². The van der Waals surface area contributed by atoms with Crippen molar-refractivity contribution in [3.63, 3.8) is 0 Å². The Balaban J connectivity index is 3.90. The molecule has 0 bridgehead atoms. The number of hydrogen-bond donors (Lipinski definition) is 1. The van der Waals surface area contributed by atoms with E-state index in [9.17, 15) is 14.4 Å². The average molecular weight is 488 g/mol. The minimum Gasteiger partial charge on any atom is -0.464 e. The Labute approximate surface area is 204 Å². The Morgan fingerprint density at radius 1 is 0.970 bits per heavy atom. The van der Waals surface area contributed by atoms with Crippen molar-refractivity contribution in [1.82, 2.24) is 0 Å². The van der Waals surface area contributed by atoms with E-state index in [-0.39, 0.29) is 19.2 Å². The zero-order valence-electron chi connectivity index (χ0n) is 20.6. The van der Waals surface area contributed by atoms with Gasteiger partial charge in [0.1, 0.15) is 25.4 Å². The van der Waals surface area contributed by atoms with Gasteiger partial charge in [-0.15, -0.1) is 0 Å². The maximum atomic E-state index is 12.1. The smallest absolute Gasteiger partial charge is 0.324 e. The molecule has 192 valence electrons. The number of esters is 2. The SMILES string of the molecule is C=CCOC(=O)C(N)CSCC(COC=O)OC(=O)CCCCCCCCCCCC(C)C. The summed E-state index contributed by atoms with van der Waals surface area (Å²) in [6.45, 7) is 8.45. The van der Waals surface area contributed by atoms with Crippen molar-refractivity contribution in [1.29, 1.82) is 0 Å². The first kappa shape index (κ1) is 31.5. The van der Waals surface area contributed by atoms with Crippen LogP contribution >= 0.6 is 11.8 Å². The number of carbonyl (C=O) groups is 3. The van der Waals surface area contributed by atoms with Crippen LogP contribution in [0, 0.1) is 5.92 Å². The van der Waals surface area contributed by atoms with Crippen LogP contribution < -0.4 is 5.73 Å². The van der Waals surface area contributed by atoms with Crippen LogP contribution in [0.25, 0.3) is 0 Å². The fourth-order valence-electron chi connectivity index (χ4n) is 3.21. The van der Waals surface area contributed by atoms with Crippen LogP contribution in [0.15, 0.2) is 12.7 Å². The molecule has 0 saturated heterocycles. The fourth-order valence-corrected chi connectivity index (χ4v) is 4.16. The van der Waals surface area contributed by atoms with Crippen molar-refractivity contribution < 1.29 is 28.6 Å². The molecule has 7 nitrogen and oxygen atoms in total. The van der Waals surface area contributed by atoms with Crippen LogP contribution in [0.1, 0.15) is 84.5 Å². The van der Waals surface area contributed by atoms with E-state index in [0.29, 0.717) is 24.4 Å². The summed E-state index contributed by atoms with van der Waals surface area (Å²) in [5, 5.41) is 0. The van der Waals surface area contributed by atoms with Crippen molar-refractivity contribution in [2.75, 3.05) is 24.7 Å². The van der Waals surface area contributed by atoms with Gasteiger partial charge in [-0.25, -0.2) is 0 Å². The predicted octanol–water partition coefficient (Wildman–Crippen LogP) is 4.81. The van der Waals surface area contributed by atoms with Crippen LogP contribution in [0.5, 0.6) is 0 Å². The third-order valence-corrected chi connectivity index (χ3v) is 6.26. The molecule has 0 amide bonds. The molecular formula is C25H45NO6S. The molecule has 0 fully saturated rings. The molecule has 0 aliphatic carbocycles. The Kier molecular flexibility index (Phi) is 21.2. The van der Waals surface area contributed by atoms with Crippen LogP contribution in [-0.2, 0) is 28.6 Å².